The Balaban J connectivity index is 1.90. The van der Waals surface area contributed by atoms with Crippen LogP contribution in [0, 0.1) is 13.8 Å². The Morgan fingerprint density at radius 3 is 2.82 bits per heavy atom. The lowest BCUT2D eigenvalue weighted by molar-refractivity contribution is 0.288. The molecule has 1 aromatic heterocycles. The molecule has 0 unspecified atom stereocenters. The Morgan fingerprint density at radius 1 is 1.35 bits per heavy atom. The van der Waals surface area contributed by atoms with Crippen LogP contribution in [0.2, 0.25) is 0 Å². The second-order valence-electron chi connectivity index (χ2n) is 3.97. The Kier molecular flexibility index (Phi) is 3.27. The van der Waals surface area contributed by atoms with Gasteiger partial charge in [-0.2, -0.15) is 0 Å². The van der Waals surface area contributed by atoms with Crippen LogP contribution in [0.5, 0.6) is 5.75 Å². The summed E-state index contributed by atoms with van der Waals surface area (Å²) in [5.41, 5.74) is 8.58. The van der Waals surface area contributed by atoms with Crippen LogP contribution >= 0.6 is 0 Å². The van der Waals surface area contributed by atoms with Crippen LogP contribution in [0.4, 0.5) is 5.69 Å². The fourth-order valence-corrected chi connectivity index (χ4v) is 1.52. The van der Waals surface area contributed by atoms with Crippen LogP contribution in [0.15, 0.2) is 24.4 Å². The van der Waals surface area contributed by atoms with Crippen molar-refractivity contribution in [2.24, 2.45) is 0 Å². The SMILES string of the molecule is Cc1cc(OCCn2nncc2C)ccc1N. The summed E-state index contributed by atoms with van der Waals surface area (Å²) in [7, 11) is 0. The number of rotatable bonds is 4. The van der Waals surface area contributed by atoms with Crippen LogP contribution in [0.3, 0.4) is 0 Å². The number of nitrogen functional groups attached to an aromatic ring is 1. The van der Waals surface area contributed by atoms with Gasteiger partial charge in [-0.3, -0.25) is 0 Å². The highest BCUT2D eigenvalue weighted by Crippen LogP contribution is 2.18. The molecule has 5 heteroatoms. The third-order valence-corrected chi connectivity index (χ3v) is 2.62. The maximum absolute atomic E-state index is 5.74. The summed E-state index contributed by atoms with van der Waals surface area (Å²) in [6.07, 6.45) is 1.73. The van der Waals surface area contributed by atoms with Gasteiger partial charge in [-0.25, -0.2) is 4.68 Å². The van der Waals surface area contributed by atoms with Gasteiger partial charge in [0.25, 0.3) is 0 Å². The predicted octanol–water partition coefficient (Wildman–Crippen LogP) is 1.56. The summed E-state index contributed by atoms with van der Waals surface area (Å²) in [6.45, 7) is 5.18. The zero-order valence-electron chi connectivity index (χ0n) is 10.1. The minimum absolute atomic E-state index is 0.563. The number of aromatic nitrogens is 3. The second kappa shape index (κ2) is 4.86. The molecule has 0 amide bonds. The van der Waals surface area contributed by atoms with Crippen molar-refractivity contribution in [2.45, 2.75) is 20.4 Å². The van der Waals surface area contributed by atoms with Crippen molar-refractivity contribution in [1.29, 1.82) is 0 Å². The molecule has 2 aromatic rings. The van der Waals surface area contributed by atoms with Gasteiger partial charge in [0.1, 0.15) is 12.4 Å². The van der Waals surface area contributed by atoms with Gasteiger partial charge in [-0.1, -0.05) is 5.21 Å². The van der Waals surface area contributed by atoms with E-state index in [2.05, 4.69) is 10.3 Å². The fourth-order valence-electron chi connectivity index (χ4n) is 1.52. The quantitative estimate of drug-likeness (QED) is 0.812. The average Bonchev–Trinajstić information content (AvgIpc) is 2.70. The fraction of sp³-hybridized carbons (Fsp3) is 0.333. The van der Waals surface area contributed by atoms with Crippen LogP contribution in [-0.4, -0.2) is 21.6 Å². The van der Waals surface area contributed by atoms with Crippen molar-refractivity contribution in [1.82, 2.24) is 15.0 Å². The topological polar surface area (TPSA) is 66.0 Å². The molecule has 5 nitrogen and oxygen atoms in total. The minimum Gasteiger partial charge on any atom is -0.492 e. The summed E-state index contributed by atoms with van der Waals surface area (Å²) < 4.78 is 7.44. The highest BCUT2D eigenvalue weighted by atomic mass is 16.5. The summed E-state index contributed by atoms with van der Waals surface area (Å²) >= 11 is 0. The second-order valence-corrected chi connectivity index (χ2v) is 3.97. The molecule has 1 aromatic carbocycles. The van der Waals surface area contributed by atoms with E-state index in [-0.39, 0.29) is 0 Å². The van der Waals surface area contributed by atoms with Gasteiger partial charge in [-0.05, 0) is 37.6 Å². The molecule has 2 rings (SSSR count). The summed E-state index contributed by atoms with van der Waals surface area (Å²) in [5, 5.41) is 7.76. The molecule has 90 valence electrons. The van der Waals surface area contributed by atoms with Crippen molar-refractivity contribution in [2.75, 3.05) is 12.3 Å². The zero-order chi connectivity index (χ0) is 12.3. The maximum Gasteiger partial charge on any atom is 0.119 e. The van der Waals surface area contributed by atoms with Gasteiger partial charge in [0.2, 0.25) is 0 Å². The molecule has 0 aliphatic heterocycles. The number of anilines is 1. The summed E-state index contributed by atoms with van der Waals surface area (Å²) in [5.74, 6) is 0.828. The monoisotopic (exact) mass is 232 g/mol. The van der Waals surface area contributed by atoms with Gasteiger partial charge in [0, 0.05) is 5.69 Å². The maximum atomic E-state index is 5.74. The molecular formula is C12H16N4O. The largest absolute Gasteiger partial charge is 0.492 e. The molecule has 17 heavy (non-hydrogen) atoms. The molecule has 0 aliphatic carbocycles. The van der Waals surface area contributed by atoms with Crippen LogP contribution < -0.4 is 10.5 Å². The summed E-state index contributed by atoms with van der Waals surface area (Å²) in [6, 6.07) is 5.66. The minimum atomic E-state index is 0.563. The number of aryl methyl sites for hydroxylation is 2. The van der Waals surface area contributed by atoms with Crippen LogP contribution in [0.1, 0.15) is 11.3 Å². The number of hydrogen-bond acceptors (Lipinski definition) is 4. The lowest BCUT2D eigenvalue weighted by Crippen LogP contribution is -2.11. The third kappa shape index (κ3) is 2.75. The molecule has 0 radical (unpaired) electrons. The zero-order valence-corrected chi connectivity index (χ0v) is 10.1. The number of ether oxygens (including phenoxy) is 1. The first-order chi connectivity index (χ1) is 8.16. The molecule has 0 bridgehead atoms. The standard InChI is InChI=1S/C12H16N4O/c1-9-7-11(3-4-12(9)13)17-6-5-16-10(2)8-14-15-16/h3-4,7-8H,5-6,13H2,1-2H3. The lowest BCUT2D eigenvalue weighted by Gasteiger charge is -2.08. The van der Waals surface area contributed by atoms with Gasteiger partial charge in [0.05, 0.1) is 18.4 Å². The third-order valence-electron chi connectivity index (χ3n) is 2.62. The van der Waals surface area contributed by atoms with Gasteiger partial charge in [-0.15, -0.1) is 5.10 Å². The van der Waals surface area contributed by atoms with E-state index in [1.165, 1.54) is 0 Å². The van der Waals surface area contributed by atoms with Gasteiger partial charge in [0.15, 0.2) is 0 Å². The molecule has 0 atom stereocenters. The Bertz CT molecular complexity index is 507. The predicted molar refractivity (Wildman–Crippen MR) is 65.8 cm³/mol. The van der Waals surface area contributed by atoms with Crippen LogP contribution in [0.25, 0.3) is 0 Å². The first-order valence-corrected chi connectivity index (χ1v) is 5.51. The lowest BCUT2D eigenvalue weighted by atomic mass is 10.2. The number of nitrogens with two attached hydrogens (primary N) is 1. The van der Waals surface area contributed by atoms with E-state index in [9.17, 15) is 0 Å². The Hall–Kier alpha value is -2.04. The van der Waals surface area contributed by atoms with Crippen molar-refractivity contribution in [3.05, 3.63) is 35.7 Å². The smallest absolute Gasteiger partial charge is 0.119 e. The van der Waals surface area contributed by atoms with Gasteiger partial charge >= 0.3 is 0 Å². The van der Waals surface area contributed by atoms with E-state index < -0.39 is 0 Å². The Morgan fingerprint density at radius 2 is 2.18 bits per heavy atom. The highest BCUT2D eigenvalue weighted by molar-refractivity contribution is 5.49. The molecule has 0 saturated carbocycles. The van der Waals surface area contributed by atoms with E-state index in [0.717, 1.165) is 22.7 Å². The van der Waals surface area contributed by atoms with Crippen molar-refractivity contribution < 1.29 is 4.74 Å². The van der Waals surface area contributed by atoms with E-state index >= 15 is 0 Å². The molecule has 2 N–H and O–H groups in total. The van der Waals surface area contributed by atoms with E-state index in [4.69, 9.17) is 10.5 Å². The Labute approximate surface area is 100 Å². The molecule has 0 aliphatic rings. The average molecular weight is 232 g/mol. The molecule has 0 spiro atoms. The molecule has 1 heterocycles. The number of nitrogens with zero attached hydrogens (tertiary/aromatic N) is 3. The number of hydrogen-bond donors (Lipinski definition) is 1. The molecule has 0 fully saturated rings. The molecule has 0 saturated heterocycles. The first kappa shape index (κ1) is 11.4. The first-order valence-electron chi connectivity index (χ1n) is 5.51. The summed E-state index contributed by atoms with van der Waals surface area (Å²) in [4.78, 5) is 0. The normalized spacial score (nSPS) is 10.5. The van der Waals surface area contributed by atoms with Gasteiger partial charge < -0.3 is 10.5 Å². The highest BCUT2D eigenvalue weighted by Gasteiger charge is 2.00. The van der Waals surface area contributed by atoms with Crippen molar-refractivity contribution in [3.8, 4) is 5.75 Å². The van der Waals surface area contributed by atoms with E-state index in [1.54, 1.807) is 6.20 Å². The molecular weight excluding hydrogens is 216 g/mol. The van der Waals surface area contributed by atoms with Crippen molar-refractivity contribution >= 4 is 5.69 Å². The van der Waals surface area contributed by atoms with Crippen molar-refractivity contribution in [3.63, 3.8) is 0 Å². The van der Waals surface area contributed by atoms with E-state index in [0.29, 0.717) is 13.2 Å². The van der Waals surface area contributed by atoms with Crippen LogP contribution in [-0.2, 0) is 6.54 Å². The number of benzene rings is 1. The van der Waals surface area contributed by atoms with E-state index in [1.807, 2.05) is 36.7 Å².